The highest BCUT2D eigenvalue weighted by molar-refractivity contribution is 7.22. The van der Waals surface area contributed by atoms with Crippen molar-refractivity contribution < 1.29 is 18.7 Å². The van der Waals surface area contributed by atoms with Crippen LogP contribution in [-0.4, -0.2) is 47.6 Å². The molecule has 0 saturated carbocycles. The van der Waals surface area contributed by atoms with Crippen LogP contribution >= 0.6 is 34.5 Å². The molecule has 1 saturated heterocycles. The van der Waals surface area contributed by atoms with Gasteiger partial charge < -0.3 is 15.0 Å². The first kappa shape index (κ1) is 22.6. The fourth-order valence-corrected chi connectivity index (χ4v) is 4.46. The molecule has 0 radical (unpaired) electrons. The summed E-state index contributed by atoms with van der Waals surface area (Å²) in [4.78, 5) is 30.8. The molecule has 0 atom stereocenters. The molecule has 4 rings (SSSR count). The van der Waals surface area contributed by atoms with Gasteiger partial charge in [0.15, 0.2) is 11.7 Å². The fourth-order valence-electron chi connectivity index (χ4n) is 3.34. The Kier molecular flexibility index (Phi) is 6.98. The number of piperidine rings is 1. The molecule has 1 fully saturated rings. The van der Waals surface area contributed by atoms with E-state index >= 15 is 0 Å². The van der Waals surface area contributed by atoms with Crippen molar-refractivity contribution in [2.45, 2.75) is 18.9 Å². The number of halogens is 3. The molecule has 168 valence electrons. The Labute approximate surface area is 197 Å². The summed E-state index contributed by atoms with van der Waals surface area (Å²) in [5, 5.41) is 6.81. The van der Waals surface area contributed by atoms with Gasteiger partial charge in [-0.3, -0.25) is 10.1 Å². The summed E-state index contributed by atoms with van der Waals surface area (Å²) in [6.45, 7) is 0.761. The SMILES string of the molecule is O=C(COc1ccc(Cl)c(F)c1)NC1CCN(C(=O)Nc2nc3cc(Cl)ccc3s2)CC1. The molecule has 1 aliphatic heterocycles. The predicted octanol–water partition coefficient (Wildman–Crippen LogP) is 4.93. The number of benzene rings is 2. The Morgan fingerprint density at radius 1 is 1.19 bits per heavy atom. The lowest BCUT2D eigenvalue weighted by Crippen LogP contribution is -2.48. The second-order valence-corrected chi connectivity index (χ2v) is 9.13. The molecule has 11 heteroatoms. The summed E-state index contributed by atoms with van der Waals surface area (Å²) < 4.78 is 19.7. The van der Waals surface area contributed by atoms with Gasteiger partial charge in [-0.25, -0.2) is 14.2 Å². The number of fused-ring (bicyclic) bond motifs is 1. The van der Waals surface area contributed by atoms with Gasteiger partial charge in [0.2, 0.25) is 0 Å². The lowest BCUT2D eigenvalue weighted by atomic mass is 10.1. The van der Waals surface area contributed by atoms with Crippen molar-refractivity contribution >= 4 is 61.8 Å². The van der Waals surface area contributed by atoms with E-state index in [1.54, 1.807) is 17.0 Å². The number of thiazole rings is 1. The fraction of sp³-hybridized carbons (Fsp3) is 0.286. The maximum absolute atomic E-state index is 13.4. The van der Waals surface area contributed by atoms with Gasteiger partial charge in [-0.2, -0.15) is 0 Å². The Bertz CT molecular complexity index is 1150. The third-order valence-corrected chi connectivity index (χ3v) is 6.47. The van der Waals surface area contributed by atoms with Crippen molar-refractivity contribution in [2.75, 3.05) is 25.0 Å². The lowest BCUT2D eigenvalue weighted by Gasteiger charge is -2.32. The summed E-state index contributed by atoms with van der Waals surface area (Å²) in [7, 11) is 0. The summed E-state index contributed by atoms with van der Waals surface area (Å²) in [5.74, 6) is -0.688. The third kappa shape index (κ3) is 5.59. The average molecular weight is 497 g/mol. The number of carbonyl (C=O) groups excluding carboxylic acids is 2. The molecular formula is C21H19Cl2FN4O3S. The van der Waals surface area contributed by atoms with Crippen LogP contribution in [0.4, 0.5) is 14.3 Å². The minimum absolute atomic E-state index is 0.00914. The minimum atomic E-state index is -0.607. The van der Waals surface area contributed by atoms with Crippen LogP contribution in [0.1, 0.15) is 12.8 Å². The van der Waals surface area contributed by atoms with Crippen LogP contribution in [0.25, 0.3) is 10.2 Å². The van der Waals surface area contributed by atoms with Crippen molar-refractivity contribution in [1.82, 2.24) is 15.2 Å². The average Bonchev–Trinajstić information content (AvgIpc) is 3.16. The van der Waals surface area contributed by atoms with Gasteiger partial charge in [-0.15, -0.1) is 0 Å². The van der Waals surface area contributed by atoms with Crippen molar-refractivity contribution in [2.24, 2.45) is 0 Å². The third-order valence-electron chi connectivity index (χ3n) is 4.97. The molecule has 3 aromatic rings. The van der Waals surface area contributed by atoms with Crippen molar-refractivity contribution in [1.29, 1.82) is 0 Å². The van der Waals surface area contributed by atoms with Crippen LogP contribution in [0.2, 0.25) is 10.0 Å². The molecule has 0 aliphatic carbocycles. The van der Waals surface area contributed by atoms with E-state index < -0.39 is 5.82 Å². The van der Waals surface area contributed by atoms with Gasteiger partial charge in [0.25, 0.3) is 5.91 Å². The predicted molar refractivity (Wildman–Crippen MR) is 123 cm³/mol. The molecular weight excluding hydrogens is 478 g/mol. The molecule has 0 unspecified atom stereocenters. The highest BCUT2D eigenvalue weighted by Gasteiger charge is 2.24. The van der Waals surface area contributed by atoms with Crippen molar-refractivity contribution in [3.8, 4) is 5.75 Å². The van der Waals surface area contributed by atoms with E-state index in [-0.39, 0.29) is 35.4 Å². The Balaban J connectivity index is 1.22. The topological polar surface area (TPSA) is 83.6 Å². The molecule has 2 heterocycles. The maximum Gasteiger partial charge on any atom is 0.323 e. The summed E-state index contributed by atoms with van der Waals surface area (Å²) in [6.07, 6.45) is 1.23. The number of urea groups is 1. The van der Waals surface area contributed by atoms with E-state index in [0.717, 1.165) is 16.3 Å². The summed E-state index contributed by atoms with van der Waals surface area (Å²) in [5.41, 5.74) is 0.739. The highest BCUT2D eigenvalue weighted by atomic mass is 35.5. The van der Waals surface area contributed by atoms with E-state index in [4.69, 9.17) is 27.9 Å². The standard InChI is InChI=1S/C21H19Cl2FN4O3S/c22-12-1-4-18-17(9-12)26-20(32-18)27-21(30)28-7-5-13(6-8-28)25-19(29)11-31-14-2-3-15(23)16(24)10-14/h1-4,9-10,13H,5-8,11H2,(H,25,29)(H,26,27,30). The zero-order chi connectivity index (χ0) is 22.7. The highest BCUT2D eigenvalue weighted by Crippen LogP contribution is 2.28. The largest absolute Gasteiger partial charge is 0.484 e. The Morgan fingerprint density at radius 2 is 1.97 bits per heavy atom. The number of rotatable bonds is 5. The van der Waals surface area contributed by atoms with E-state index in [1.807, 2.05) is 6.07 Å². The number of amides is 3. The van der Waals surface area contributed by atoms with Gasteiger partial charge in [0, 0.05) is 30.2 Å². The minimum Gasteiger partial charge on any atom is -0.484 e. The number of aromatic nitrogens is 1. The van der Waals surface area contributed by atoms with Crippen molar-refractivity contribution in [3.05, 3.63) is 52.3 Å². The first-order valence-electron chi connectivity index (χ1n) is 9.86. The molecule has 2 N–H and O–H groups in total. The number of carbonyl (C=O) groups is 2. The number of ether oxygens (including phenoxy) is 1. The summed E-state index contributed by atoms with van der Waals surface area (Å²) >= 11 is 13.0. The zero-order valence-electron chi connectivity index (χ0n) is 16.7. The van der Waals surface area contributed by atoms with Gasteiger partial charge in [0.05, 0.1) is 15.2 Å². The Morgan fingerprint density at radius 3 is 2.72 bits per heavy atom. The van der Waals surface area contributed by atoms with Gasteiger partial charge in [-0.1, -0.05) is 34.5 Å². The molecule has 0 bridgehead atoms. The van der Waals surface area contributed by atoms with Gasteiger partial charge in [0.1, 0.15) is 11.6 Å². The van der Waals surface area contributed by atoms with Gasteiger partial charge >= 0.3 is 6.03 Å². The quantitative estimate of drug-likeness (QED) is 0.524. The Hall–Kier alpha value is -2.62. The van der Waals surface area contributed by atoms with E-state index in [0.29, 0.717) is 36.1 Å². The normalized spacial score (nSPS) is 14.4. The van der Waals surface area contributed by atoms with Crippen LogP contribution in [0, 0.1) is 5.82 Å². The first-order chi connectivity index (χ1) is 15.4. The van der Waals surface area contributed by atoms with Crippen LogP contribution in [-0.2, 0) is 4.79 Å². The molecule has 0 spiro atoms. The zero-order valence-corrected chi connectivity index (χ0v) is 19.1. The summed E-state index contributed by atoms with van der Waals surface area (Å²) in [6, 6.07) is 9.11. The number of hydrogen-bond acceptors (Lipinski definition) is 5. The maximum atomic E-state index is 13.4. The van der Waals surface area contributed by atoms with Crippen LogP contribution in [0.3, 0.4) is 0 Å². The van der Waals surface area contributed by atoms with Crippen LogP contribution in [0.5, 0.6) is 5.75 Å². The van der Waals surface area contributed by atoms with Crippen LogP contribution < -0.4 is 15.4 Å². The second-order valence-electron chi connectivity index (χ2n) is 7.25. The molecule has 2 aromatic carbocycles. The second kappa shape index (κ2) is 9.89. The lowest BCUT2D eigenvalue weighted by molar-refractivity contribution is -0.124. The van der Waals surface area contributed by atoms with Crippen molar-refractivity contribution in [3.63, 3.8) is 0 Å². The molecule has 1 aliphatic rings. The van der Waals surface area contributed by atoms with E-state index in [9.17, 15) is 14.0 Å². The van der Waals surface area contributed by atoms with E-state index in [1.165, 1.54) is 23.5 Å². The molecule has 1 aromatic heterocycles. The molecule has 32 heavy (non-hydrogen) atoms. The number of likely N-dealkylation sites (tertiary alicyclic amines) is 1. The van der Waals surface area contributed by atoms with Crippen LogP contribution in [0.15, 0.2) is 36.4 Å². The molecule has 3 amide bonds. The molecule has 7 nitrogen and oxygen atoms in total. The number of nitrogens with zero attached hydrogens (tertiary/aromatic N) is 2. The monoisotopic (exact) mass is 496 g/mol. The number of hydrogen-bond donors (Lipinski definition) is 2. The number of anilines is 1. The first-order valence-corrected chi connectivity index (χ1v) is 11.4. The van der Waals surface area contributed by atoms with E-state index in [2.05, 4.69) is 15.6 Å². The number of nitrogens with one attached hydrogen (secondary N) is 2. The van der Waals surface area contributed by atoms with Gasteiger partial charge in [-0.05, 0) is 43.2 Å². The smallest absolute Gasteiger partial charge is 0.323 e.